The van der Waals surface area contributed by atoms with Crippen molar-refractivity contribution in [1.82, 2.24) is 0 Å². The first-order valence-corrected chi connectivity index (χ1v) is 4.99. The lowest BCUT2D eigenvalue weighted by Gasteiger charge is -2.45. The van der Waals surface area contributed by atoms with Gasteiger partial charge in [-0.2, -0.15) is 0 Å². The minimum atomic E-state index is 0.453. The molecule has 0 aliphatic heterocycles. The van der Waals surface area contributed by atoms with Crippen molar-refractivity contribution in [1.29, 1.82) is 0 Å². The third-order valence-corrected chi connectivity index (χ3v) is 3.13. The molecule has 0 N–H and O–H groups in total. The maximum absolute atomic E-state index is 4.21. The summed E-state index contributed by atoms with van der Waals surface area (Å²) in [6.45, 7) is 15.3. The topological polar surface area (TPSA) is 0 Å². The quantitative estimate of drug-likeness (QED) is 0.554. The lowest BCUT2D eigenvalue weighted by Crippen LogP contribution is -2.34. The van der Waals surface area contributed by atoms with Crippen molar-refractivity contribution in [2.24, 2.45) is 16.7 Å². The molecular weight excluding hydrogens is 144 g/mol. The summed E-state index contributed by atoms with van der Waals surface area (Å²) in [6, 6.07) is 0. The average molecular weight is 166 g/mol. The van der Waals surface area contributed by atoms with Gasteiger partial charge in [0.25, 0.3) is 0 Å². The second kappa shape index (κ2) is 3.05. The van der Waals surface area contributed by atoms with Crippen LogP contribution in [0.5, 0.6) is 0 Å². The molecule has 1 saturated carbocycles. The number of hydrogen-bond acceptors (Lipinski definition) is 0. The van der Waals surface area contributed by atoms with E-state index in [4.69, 9.17) is 0 Å². The Balaban J connectivity index is 2.70. The van der Waals surface area contributed by atoms with Gasteiger partial charge in [-0.1, -0.05) is 34.6 Å². The van der Waals surface area contributed by atoms with Crippen LogP contribution in [0, 0.1) is 30.6 Å². The SMILES string of the molecule is [CH2]CC1(C)CC([CH2])CC(C)(C)C1. The van der Waals surface area contributed by atoms with E-state index >= 15 is 0 Å². The number of rotatable bonds is 1. The van der Waals surface area contributed by atoms with Crippen LogP contribution in [0.3, 0.4) is 0 Å². The van der Waals surface area contributed by atoms with E-state index in [2.05, 4.69) is 34.6 Å². The Morgan fingerprint density at radius 2 is 1.83 bits per heavy atom. The Morgan fingerprint density at radius 1 is 1.25 bits per heavy atom. The fourth-order valence-corrected chi connectivity index (χ4v) is 3.04. The largest absolute Gasteiger partial charge is 0.0599 e. The maximum atomic E-state index is 4.21. The highest BCUT2D eigenvalue weighted by Gasteiger charge is 2.38. The first-order valence-electron chi connectivity index (χ1n) is 4.99. The molecule has 0 saturated heterocycles. The molecule has 2 unspecified atom stereocenters. The molecule has 0 bridgehead atoms. The molecule has 0 aromatic heterocycles. The van der Waals surface area contributed by atoms with E-state index in [0.717, 1.165) is 6.42 Å². The van der Waals surface area contributed by atoms with Gasteiger partial charge in [0.15, 0.2) is 0 Å². The summed E-state index contributed by atoms with van der Waals surface area (Å²) < 4.78 is 0. The van der Waals surface area contributed by atoms with Crippen molar-refractivity contribution in [3.63, 3.8) is 0 Å². The first-order chi connectivity index (χ1) is 5.37. The van der Waals surface area contributed by atoms with Gasteiger partial charge in [0, 0.05) is 0 Å². The van der Waals surface area contributed by atoms with Gasteiger partial charge in [-0.05, 0) is 42.4 Å². The molecule has 2 radical (unpaired) electrons. The van der Waals surface area contributed by atoms with Crippen molar-refractivity contribution in [2.45, 2.75) is 46.5 Å². The van der Waals surface area contributed by atoms with Crippen molar-refractivity contribution >= 4 is 0 Å². The second-order valence-electron chi connectivity index (χ2n) is 5.68. The summed E-state index contributed by atoms with van der Waals surface area (Å²) in [5.74, 6) is 0.639. The van der Waals surface area contributed by atoms with E-state index in [1.807, 2.05) is 0 Å². The predicted molar refractivity (Wildman–Crippen MR) is 54.6 cm³/mol. The van der Waals surface area contributed by atoms with Gasteiger partial charge in [0.05, 0.1) is 0 Å². The summed E-state index contributed by atoms with van der Waals surface area (Å²) in [5, 5.41) is 0. The molecular formula is C12H22. The molecule has 70 valence electrons. The Labute approximate surface area is 77.7 Å². The lowest BCUT2D eigenvalue weighted by molar-refractivity contribution is 0.0721. The monoisotopic (exact) mass is 166 g/mol. The van der Waals surface area contributed by atoms with Crippen LogP contribution in [0.2, 0.25) is 0 Å². The van der Waals surface area contributed by atoms with Crippen LogP contribution in [0.4, 0.5) is 0 Å². The van der Waals surface area contributed by atoms with E-state index in [-0.39, 0.29) is 0 Å². The molecule has 1 rings (SSSR count). The van der Waals surface area contributed by atoms with E-state index in [1.165, 1.54) is 19.3 Å². The molecule has 1 fully saturated rings. The zero-order valence-electron chi connectivity index (χ0n) is 8.82. The van der Waals surface area contributed by atoms with Crippen LogP contribution in [0.25, 0.3) is 0 Å². The van der Waals surface area contributed by atoms with Crippen molar-refractivity contribution in [2.75, 3.05) is 0 Å². The van der Waals surface area contributed by atoms with E-state index in [9.17, 15) is 0 Å². The third kappa shape index (κ3) is 2.24. The van der Waals surface area contributed by atoms with E-state index < -0.39 is 0 Å². The molecule has 12 heavy (non-hydrogen) atoms. The summed E-state index contributed by atoms with van der Waals surface area (Å²) in [5.41, 5.74) is 0.936. The molecule has 0 aromatic rings. The molecule has 0 heteroatoms. The molecule has 0 spiro atoms. The van der Waals surface area contributed by atoms with Gasteiger partial charge in [0.1, 0.15) is 0 Å². The average Bonchev–Trinajstić information content (AvgIpc) is 1.82. The van der Waals surface area contributed by atoms with Gasteiger partial charge >= 0.3 is 0 Å². The standard InChI is InChI=1S/C12H22/c1-6-12(5)8-10(2)7-11(3,4)9-12/h10H,1-2,6-9H2,3-5H3. The normalized spacial score (nSPS) is 41.2. The highest BCUT2D eigenvalue weighted by Crippen LogP contribution is 2.49. The second-order valence-corrected chi connectivity index (χ2v) is 5.68. The van der Waals surface area contributed by atoms with Crippen LogP contribution in [0.15, 0.2) is 0 Å². The predicted octanol–water partition coefficient (Wildman–Crippen LogP) is 3.88. The maximum Gasteiger partial charge on any atom is -0.0318 e. The summed E-state index contributed by atoms with van der Waals surface area (Å²) in [4.78, 5) is 0. The summed E-state index contributed by atoms with van der Waals surface area (Å²) >= 11 is 0. The molecule has 0 amide bonds. The van der Waals surface area contributed by atoms with Crippen molar-refractivity contribution in [3.8, 4) is 0 Å². The Kier molecular flexibility index (Phi) is 2.56. The zero-order chi connectivity index (χ0) is 9.41. The highest BCUT2D eigenvalue weighted by atomic mass is 14.4. The zero-order valence-corrected chi connectivity index (χ0v) is 8.82. The van der Waals surface area contributed by atoms with Gasteiger partial charge in [-0.3, -0.25) is 0 Å². The minimum absolute atomic E-state index is 0.453. The molecule has 2 atom stereocenters. The molecule has 1 aliphatic rings. The lowest BCUT2D eigenvalue weighted by atomic mass is 9.60. The molecule has 0 aromatic carbocycles. The fourth-order valence-electron chi connectivity index (χ4n) is 3.04. The first kappa shape index (κ1) is 10.1. The van der Waals surface area contributed by atoms with Crippen LogP contribution >= 0.6 is 0 Å². The third-order valence-electron chi connectivity index (χ3n) is 3.13. The molecule has 0 heterocycles. The van der Waals surface area contributed by atoms with Gasteiger partial charge < -0.3 is 0 Å². The van der Waals surface area contributed by atoms with Crippen molar-refractivity contribution < 1.29 is 0 Å². The fraction of sp³-hybridized carbons (Fsp3) is 0.833. The Morgan fingerprint density at radius 3 is 2.25 bits per heavy atom. The van der Waals surface area contributed by atoms with Crippen LogP contribution < -0.4 is 0 Å². The summed E-state index contributed by atoms with van der Waals surface area (Å²) in [6.07, 6.45) is 4.92. The van der Waals surface area contributed by atoms with Crippen molar-refractivity contribution in [3.05, 3.63) is 13.8 Å². The number of hydrogen-bond donors (Lipinski definition) is 0. The highest BCUT2D eigenvalue weighted by molar-refractivity contribution is 4.92. The van der Waals surface area contributed by atoms with Crippen LogP contribution in [0.1, 0.15) is 46.5 Å². The Bertz CT molecular complexity index is 157. The minimum Gasteiger partial charge on any atom is -0.0599 e. The molecule has 0 nitrogen and oxygen atoms in total. The smallest absolute Gasteiger partial charge is 0.0318 e. The van der Waals surface area contributed by atoms with Crippen LogP contribution in [-0.2, 0) is 0 Å². The summed E-state index contributed by atoms with van der Waals surface area (Å²) in [7, 11) is 0. The van der Waals surface area contributed by atoms with Crippen LogP contribution in [-0.4, -0.2) is 0 Å². The van der Waals surface area contributed by atoms with Gasteiger partial charge in [-0.25, -0.2) is 0 Å². The van der Waals surface area contributed by atoms with Gasteiger partial charge in [0.2, 0.25) is 0 Å². The van der Waals surface area contributed by atoms with Gasteiger partial charge in [-0.15, -0.1) is 0 Å². The molecule has 1 aliphatic carbocycles. The van der Waals surface area contributed by atoms with E-state index in [0.29, 0.717) is 16.7 Å². The Hall–Kier alpha value is 0. The van der Waals surface area contributed by atoms with E-state index in [1.54, 1.807) is 0 Å².